The fourth-order valence-electron chi connectivity index (χ4n) is 2.23. The maximum atomic E-state index is 5.96. The van der Waals surface area contributed by atoms with Gasteiger partial charge in [-0.15, -0.1) is 0 Å². The smallest absolute Gasteiger partial charge is 0.230 e. The number of hydrogen-bond donors (Lipinski definition) is 1. The van der Waals surface area contributed by atoms with Crippen LogP contribution >= 0.6 is 27.5 Å². The lowest BCUT2D eigenvalue weighted by Gasteiger charge is -2.06. The summed E-state index contributed by atoms with van der Waals surface area (Å²) < 4.78 is 6.19. The molecule has 2 aromatic carbocycles. The third kappa shape index (κ3) is 2.69. The summed E-state index contributed by atoms with van der Waals surface area (Å²) in [5.41, 5.74) is 10.5. The van der Waals surface area contributed by atoms with Crippen LogP contribution in [0.4, 0.5) is 5.88 Å². The standard InChI is InChI=1S/C16H12BrClN2O/c1-9-2-5-11(17)8-13(9)15-14(16(19)21-20-15)10-3-6-12(18)7-4-10/h2-8H,19H2,1H3. The molecule has 1 aromatic heterocycles. The summed E-state index contributed by atoms with van der Waals surface area (Å²) >= 11 is 9.42. The molecule has 0 radical (unpaired) electrons. The molecule has 0 spiro atoms. The van der Waals surface area contributed by atoms with E-state index < -0.39 is 0 Å². The van der Waals surface area contributed by atoms with Gasteiger partial charge >= 0.3 is 0 Å². The number of rotatable bonds is 2. The lowest BCUT2D eigenvalue weighted by Crippen LogP contribution is -1.89. The van der Waals surface area contributed by atoms with Gasteiger partial charge in [0.15, 0.2) is 0 Å². The normalized spacial score (nSPS) is 10.8. The van der Waals surface area contributed by atoms with Crippen molar-refractivity contribution in [3.63, 3.8) is 0 Å². The fourth-order valence-corrected chi connectivity index (χ4v) is 2.72. The summed E-state index contributed by atoms with van der Waals surface area (Å²) in [6.07, 6.45) is 0. The zero-order valence-electron chi connectivity index (χ0n) is 11.2. The van der Waals surface area contributed by atoms with Gasteiger partial charge in [-0.1, -0.05) is 50.9 Å². The number of hydrogen-bond acceptors (Lipinski definition) is 3. The lowest BCUT2D eigenvalue weighted by atomic mass is 9.98. The second kappa shape index (κ2) is 5.54. The van der Waals surface area contributed by atoms with Gasteiger partial charge in [0.05, 0.1) is 5.56 Å². The third-order valence-electron chi connectivity index (χ3n) is 3.31. The van der Waals surface area contributed by atoms with Crippen LogP contribution in [0.25, 0.3) is 22.4 Å². The van der Waals surface area contributed by atoms with Gasteiger partial charge in [0.1, 0.15) is 5.69 Å². The molecule has 0 atom stereocenters. The van der Waals surface area contributed by atoms with Gasteiger partial charge in [-0.05, 0) is 42.3 Å². The van der Waals surface area contributed by atoms with Gasteiger partial charge in [-0.3, -0.25) is 0 Å². The Morgan fingerprint density at radius 2 is 1.86 bits per heavy atom. The lowest BCUT2D eigenvalue weighted by molar-refractivity contribution is 0.439. The van der Waals surface area contributed by atoms with Crippen LogP contribution in [0.5, 0.6) is 0 Å². The molecular formula is C16H12BrClN2O. The second-order valence-electron chi connectivity index (χ2n) is 4.74. The molecule has 0 aliphatic carbocycles. The highest BCUT2D eigenvalue weighted by Crippen LogP contribution is 2.38. The Bertz CT molecular complexity index is 797. The number of nitrogens with two attached hydrogens (primary N) is 1. The zero-order chi connectivity index (χ0) is 15.0. The van der Waals surface area contributed by atoms with Crippen molar-refractivity contribution >= 4 is 33.4 Å². The van der Waals surface area contributed by atoms with E-state index in [0.29, 0.717) is 10.9 Å². The molecule has 0 saturated carbocycles. The van der Waals surface area contributed by atoms with E-state index in [1.807, 2.05) is 49.4 Å². The van der Waals surface area contributed by atoms with Gasteiger partial charge in [0.25, 0.3) is 0 Å². The van der Waals surface area contributed by atoms with Crippen LogP contribution in [0, 0.1) is 6.92 Å². The Balaban J connectivity index is 2.21. The van der Waals surface area contributed by atoms with E-state index in [0.717, 1.165) is 32.4 Å². The van der Waals surface area contributed by atoms with Crippen LogP contribution in [-0.2, 0) is 0 Å². The van der Waals surface area contributed by atoms with E-state index in [2.05, 4.69) is 21.1 Å². The van der Waals surface area contributed by atoms with Crippen molar-refractivity contribution in [2.45, 2.75) is 6.92 Å². The molecule has 106 valence electrons. The van der Waals surface area contributed by atoms with Gasteiger partial charge in [0.2, 0.25) is 5.88 Å². The summed E-state index contributed by atoms with van der Waals surface area (Å²) in [5.74, 6) is 0.298. The van der Waals surface area contributed by atoms with E-state index in [-0.39, 0.29) is 0 Å². The number of halogens is 2. The molecule has 0 unspecified atom stereocenters. The van der Waals surface area contributed by atoms with Crippen LogP contribution in [0.2, 0.25) is 5.02 Å². The van der Waals surface area contributed by atoms with E-state index in [4.69, 9.17) is 21.9 Å². The average molecular weight is 364 g/mol. The van der Waals surface area contributed by atoms with Crippen molar-refractivity contribution in [1.29, 1.82) is 0 Å². The van der Waals surface area contributed by atoms with Crippen LogP contribution < -0.4 is 5.73 Å². The van der Waals surface area contributed by atoms with Crippen LogP contribution in [-0.4, -0.2) is 5.16 Å². The van der Waals surface area contributed by atoms with Crippen molar-refractivity contribution < 1.29 is 4.52 Å². The molecule has 0 aliphatic rings. The molecule has 0 aliphatic heterocycles. The molecule has 0 fully saturated rings. The number of aromatic nitrogens is 1. The Kier molecular flexibility index (Phi) is 3.74. The highest BCUT2D eigenvalue weighted by Gasteiger charge is 2.19. The SMILES string of the molecule is Cc1ccc(Br)cc1-c1noc(N)c1-c1ccc(Cl)cc1. The number of aryl methyl sites for hydroxylation is 1. The van der Waals surface area contributed by atoms with Crippen LogP contribution in [0.15, 0.2) is 51.5 Å². The minimum Gasteiger partial charge on any atom is -0.367 e. The van der Waals surface area contributed by atoms with Crippen molar-refractivity contribution in [3.05, 3.63) is 57.5 Å². The first-order chi connectivity index (χ1) is 10.1. The molecule has 0 bridgehead atoms. The molecule has 21 heavy (non-hydrogen) atoms. The molecule has 5 heteroatoms. The number of nitrogen functional groups attached to an aromatic ring is 1. The highest BCUT2D eigenvalue weighted by molar-refractivity contribution is 9.10. The summed E-state index contributed by atoms with van der Waals surface area (Å²) in [6.45, 7) is 2.03. The fraction of sp³-hybridized carbons (Fsp3) is 0.0625. The third-order valence-corrected chi connectivity index (χ3v) is 4.05. The first-order valence-corrected chi connectivity index (χ1v) is 7.51. The van der Waals surface area contributed by atoms with Crippen molar-refractivity contribution in [2.24, 2.45) is 0 Å². The first-order valence-electron chi connectivity index (χ1n) is 6.34. The van der Waals surface area contributed by atoms with Gasteiger partial charge in [0, 0.05) is 15.1 Å². The summed E-state index contributed by atoms with van der Waals surface area (Å²) in [6, 6.07) is 13.5. The van der Waals surface area contributed by atoms with E-state index in [9.17, 15) is 0 Å². The molecule has 1 heterocycles. The average Bonchev–Trinajstić information content (AvgIpc) is 2.84. The van der Waals surface area contributed by atoms with Crippen molar-refractivity contribution in [2.75, 3.05) is 5.73 Å². The van der Waals surface area contributed by atoms with Gasteiger partial charge in [-0.25, -0.2) is 0 Å². The van der Waals surface area contributed by atoms with E-state index >= 15 is 0 Å². The monoisotopic (exact) mass is 362 g/mol. The number of benzene rings is 2. The maximum Gasteiger partial charge on any atom is 0.230 e. The highest BCUT2D eigenvalue weighted by atomic mass is 79.9. The molecule has 3 rings (SSSR count). The van der Waals surface area contributed by atoms with Gasteiger partial charge in [-0.2, -0.15) is 0 Å². The van der Waals surface area contributed by atoms with Crippen molar-refractivity contribution in [1.82, 2.24) is 5.16 Å². The first kappa shape index (κ1) is 14.2. The van der Waals surface area contributed by atoms with Gasteiger partial charge < -0.3 is 10.3 Å². The molecular weight excluding hydrogens is 352 g/mol. The molecule has 3 nitrogen and oxygen atoms in total. The van der Waals surface area contributed by atoms with Crippen molar-refractivity contribution in [3.8, 4) is 22.4 Å². The molecule has 2 N–H and O–H groups in total. The van der Waals surface area contributed by atoms with E-state index in [1.165, 1.54) is 0 Å². The minimum absolute atomic E-state index is 0.298. The Hall–Kier alpha value is -1.78. The molecule has 0 saturated heterocycles. The predicted molar refractivity (Wildman–Crippen MR) is 89.2 cm³/mol. The number of anilines is 1. The van der Waals surface area contributed by atoms with Crippen LogP contribution in [0.1, 0.15) is 5.56 Å². The number of nitrogens with zero attached hydrogens (tertiary/aromatic N) is 1. The maximum absolute atomic E-state index is 5.96. The second-order valence-corrected chi connectivity index (χ2v) is 6.09. The van der Waals surface area contributed by atoms with Crippen LogP contribution in [0.3, 0.4) is 0 Å². The summed E-state index contributed by atoms with van der Waals surface area (Å²) in [4.78, 5) is 0. The summed E-state index contributed by atoms with van der Waals surface area (Å²) in [7, 11) is 0. The minimum atomic E-state index is 0.298. The zero-order valence-corrected chi connectivity index (χ0v) is 13.6. The quantitative estimate of drug-likeness (QED) is 0.671. The Labute approximate surface area is 135 Å². The topological polar surface area (TPSA) is 52.0 Å². The largest absolute Gasteiger partial charge is 0.367 e. The molecule has 3 aromatic rings. The Morgan fingerprint density at radius 1 is 1.14 bits per heavy atom. The summed E-state index contributed by atoms with van der Waals surface area (Å²) in [5, 5.41) is 4.81. The predicted octanol–water partition coefficient (Wildman–Crippen LogP) is 5.32. The molecule has 0 amide bonds. The Morgan fingerprint density at radius 3 is 2.57 bits per heavy atom. The van der Waals surface area contributed by atoms with E-state index in [1.54, 1.807) is 0 Å².